The van der Waals surface area contributed by atoms with Crippen molar-refractivity contribution in [3.63, 3.8) is 0 Å². The number of nitrogens with zero attached hydrogens (tertiary/aromatic N) is 1. The molecule has 7 nitrogen and oxygen atoms in total. The van der Waals surface area contributed by atoms with Crippen molar-refractivity contribution in [3.8, 4) is 0 Å². The van der Waals surface area contributed by atoms with E-state index < -0.39 is 23.3 Å². The van der Waals surface area contributed by atoms with Crippen LogP contribution >= 0.6 is 0 Å². The average molecular weight is 292 g/mol. The number of benzene rings is 1. The fraction of sp³-hybridized carbons (Fsp3) is 0.357. The molecule has 0 radical (unpaired) electrons. The topological polar surface area (TPSA) is 134 Å². The number of carbonyl (C=O) groups excluding carboxylic acids is 2. The summed E-state index contributed by atoms with van der Waals surface area (Å²) in [5.41, 5.74) is 11.0. The number of nitrogens with two attached hydrogens (primary N) is 3. The molecule has 1 aromatic rings. The molecule has 1 rings (SSSR count). The predicted octanol–water partition coefficient (Wildman–Crippen LogP) is -0.344. The molecule has 0 fully saturated rings. The third kappa shape index (κ3) is 4.37. The third-order valence-corrected chi connectivity index (χ3v) is 2.92. The van der Waals surface area contributed by atoms with E-state index in [0.29, 0.717) is 0 Å². The van der Waals surface area contributed by atoms with Crippen molar-refractivity contribution < 1.29 is 14.3 Å². The Bertz CT molecular complexity index is 536. The number of rotatable bonds is 6. The number of esters is 1. The van der Waals surface area contributed by atoms with Gasteiger partial charge in [-0.2, -0.15) is 5.10 Å². The molecule has 7 heteroatoms. The van der Waals surface area contributed by atoms with E-state index in [-0.39, 0.29) is 6.61 Å². The molecule has 0 spiro atoms. The van der Waals surface area contributed by atoms with Crippen LogP contribution in [0.3, 0.4) is 0 Å². The van der Waals surface area contributed by atoms with E-state index in [1.54, 1.807) is 24.3 Å². The molecule has 0 saturated heterocycles. The van der Waals surface area contributed by atoms with Crippen LogP contribution in [0.2, 0.25) is 0 Å². The molecule has 2 atom stereocenters. The van der Waals surface area contributed by atoms with Crippen LogP contribution in [0.25, 0.3) is 0 Å². The summed E-state index contributed by atoms with van der Waals surface area (Å²) in [6.07, 6.45) is 1.49. The molecule has 0 aromatic heterocycles. The van der Waals surface area contributed by atoms with Crippen molar-refractivity contribution in [1.82, 2.24) is 0 Å². The molecule has 0 aliphatic heterocycles. The summed E-state index contributed by atoms with van der Waals surface area (Å²) in [5.74, 6) is 3.67. The van der Waals surface area contributed by atoms with E-state index in [9.17, 15) is 9.59 Å². The maximum atomic E-state index is 11.9. The highest BCUT2D eigenvalue weighted by Crippen LogP contribution is 2.10. The summed E-state index contributed by atoms with van der Waals surface area (Å²) in [6, 6.07) is 6.22. The van der Waals surface area contributed by atoms with Crippen molar-refractivity contribution in [2.45, 2.75) is 32.0 Å². The minimum Gasteiger partial charge on any atom is -0.459 e. The van der Waals surface area contributed by atoms with E-state index in [0.717, 1.165) is 11.1 Å². The van der Waals surface area contributed by atoms with Gasteiger partial charge in [-0.05, 0) is 25.0 Å². The van der Waals surface area contributed by atoms with Gasteiger partial charge in [0.2, 0.25) is 0 Å². The Morgan fingerprint density at radius 3 is 2.43 bits per heavy atom. The molecule has 2 unspecified atom stereocenters. The maximum absolute atomic E-state index is 11.9. The first kappa shape index (κ1) is 16.8. The molecule has 0 aliphatic carbocycles. The summed E-state index contributed by atoms with van der Waals surface area (Å²) in [5, 5.41) is 3.40. The van der Waals surface area contributed by atoms with Crippen LogP contribution in [-0.4, -0.2) is 29.5 Å². The van der Waals surface area contributed by atoms with Gasteiger partial charge in [0.1, 0.15) is 6.61 Å². The van der Waals surface area contributed by atoms with Crippen LogP contribution in [0.1, 0.15) is 25.0 Å². The Labute approximate surface area is 123 Å². The normalized spacial score (nSPS) is 15.4. The Balaban J connectivity index is 2.66. The summed E-state index contributed by atoms with van der Waals surface area (Å²) in [4.78, 5) is 23.6. The molecule has 0 saturated carbocycles. The average Bonchev–Trinajstić information content (AvgIpc) is 2.45. The van der Waals surface area contributed by atoms with Gasteiger partial charge >= 0.3 is 5.97 Å². The Morgan fingerprint density at radius 1 is 1.38 bits per heavy atom. The van der Waals surface area contributed by atoms with Gasteiger partial charge < -0.3 is 22.0 Å². The van der Waals surface area contributed by atoms with Gasteiger partial charge in [0, 0.05) is 0 Å². The van der Waals surface area contributed by atoms with Gasteiger partial charge in [-0.1, -0.05) is 24.3 Å². The first-order valence-corrected chi connectivity index (χ1v) is 6.37. The highest BCUT2D eigenvalue weighted by Gasteiger charge is 2.39. The summed E-state index contributed by atoms with van der Waals surface area (Å²) in [6.45, 7) is 2.78. The number of hydrogen-bond acceptors (Lipinski definition) is 7. The second-order valence-corrected chi connectivity index (χ2v) is 4.95. The number of hydrazone groups is 1. The minimum atomic E-state index is -1.75. The van der Waals surface area contributed by atoms with Crippen LogP contribution in [0.15, 0.2) is 29.4 Å². The summed E-state index contributed by atoms with van der Waals surface area (Å²) >= 11 is 0. The lowest BCUT2D eigenvalue weighted by atomic mass is 9.93. The molecule has 0 aliphatic rings. The first-order valence-electron chi connectivity index (χ1n) is 6.37. The molecule has 0 heterocycles. The summed E-state index contributed by atoms with van der Waals surface area (Å²) in [7, 11) is 0. The van der Waals surface area contributed by atoms with Crippen LogP contribution in [0.5, 0.6) is 0 Å². The monoisotopic (exact) mass is 292 g/mol. The summed E-state index contributed by atoms with van der Waals surface area (Å²) < 4.78 is 5.07. The Morgan fingerprint density at radius 2 is 1.95 bits per heavy atom. The van der Waals surface area contributed by atoms with E-state index in [4.69, 9.17) is 22.0 Å². The SMILES string of the molecule is CC(N)C(=O)C(C)(N)C(=O)OCc1ccc(C=NN)cc1. The molecular weight excluding hydrogens is 272 g/mol. The first-order chi connectivity index (χ1) is 9.78. The highest BCUT2D eigenvalue weighted by atomic mass is 16.5. The largest absolute Gasteiger partial charge is 0.459 e. The Hall–Kier alpha value is -2.25. The number of ketones is 1. The van der Waals surface area contributed by atoms with Gasteiger partial charge in [-0.3, -0.25) is 4.79 Å². The minimum absolute atomic E-state index is 0.0118. The van der Waals surface area contributed by atoms with Gasteiger partial charge in [-0.15, -0.1) is 0 Å². The second kappa shape index (κ2) is 6.96. The molecular formula is C14H20N4O3. The molecule has 21 heavy (non-hydrogen) atoms. The fourth-order valence-electron chi connectivity index (χ4n) is 1.66. The van der Waals surface area contributed by atoms with Crippen molar-refractivity contribution >= 4 is 18.0 Å². The van der Waals surface area contributed by atoms with Crippen LogP contribution in [0.4, 0.5) is 0 Å². The van der Waals surface area contributed by atoms with E-state index in [2.05, 4.69) is 5.10 Å². The molecule has 6 N–H and O–H groups in total. The molecule has 114 valence electrons. The van der Waals surface area contributed by atoms with Crippen molar-refractivity contribution in [1.29, 1.82) is 0 Å². The zero-order chi connectivity index (χ0) is 16.0. The number of carbonyl (C=O) groups is 2. The number of ether oxygens (including phenoxy) is 1. The van der Waals surface area contributed by atoms with Crippen molar-refractivity contribution in [2.24, 2.45) is 22.4 Å². The van der Waals surface area contributed by atoms with Crippen molar-refractivity contribution in [2.75, 3.05) is 0 Å². The standard InChI is InChI=1S/C14H20N4O3/c1-9(15)12(19)14(2,16)13(20)21-8-11-5-3-10(4-6-11)7-18-17/h3-7,9H,8,15-17H2,1-2H3. The number of Topliss-reactive ketones (excluding diaryl/α,β-unsaturated/α-hetero) is 1. The lowest BCUT2D eigenvalue weighted by molar-refractivity contribution is -0.154. The second-order valence-electron chi connectivity index (χ2n) is 4.95. The zero-order valence-electron chi connectivity index (χ0n) is 12.1. The van der Waals surface area contributed by atoms with Gasteiger partial charge in [0.05, 0.1) is 12.3 Å². The lowest BCUT2D eigenvalue weighted by Crippen LogP contribution is -2.58. The van der Waals surface area contributed by atoms with Crippen molar-refractivity contribution in [3.05, 3.63) is 35.4 Å². The van der Waals surface area contributed by atoms with Gasteiger partial charge in [0.15, 0.2) is 11.3 Å². The smallest absolute Gasteiger partial charge is 0.334 e. The fourth-order valence-corrected chi connectivity index (χ4v) is 1.66. The lowest BCUT2D eigenvalue weighted by Gasteiger charge is -2.22. The van der Waals surface area contributed by atoms with Gasteiger partial charge in [-0.25, -0.2) is 4.79 Å². The highest BCUT2D eigenvalue weighted by molar-refractivity contribution is 6.09. The van der Waals surface area contributed by atoms with E-state index in [1.165, 1.54) is 20.1 Å². The quantitative estimate of drug-likeness (QED) is 0.216. The molecule has 1 aromatic carbocycles. The third-order valence-electron chi connectivity index (χ3n) is 2.92. The molecule has 0 bridgehead atoms. The molecule has 0 amide bonds. The van der Waals surface area contributed by atoms with Crippen LogP contribution in [0, 0.1) is 0 Å². The van der Waals surface area contributed by atoms with Crippen LogP contribution in [-0.2, 0) is 20.9 Å². The van der Waals surface area contributed by atoms with Crippen LogP contribution < -0.4 is 17.3 Å². The van der Waals surface area contributed by atoms with E-state index in [1.807, 2.05) is 0 Å². The van der Waals surface area contributed by atoms with Gasteiger partial charge in [0.25, 0.3) is 0 Å². The predicted molar refractivity (Wildman–Crippen MR) is 79.3 cm³/mol. The number of hydrogen-bond donors (Lipinski definition) is 3. The maximum Gasteiger partial charge on any atom is 0.334 e. The zero-order valence-corrected chi connectivity index (χ0v) is 12.1. The van der Waals surface area contributed by atoms with E-state index >= 15 is 0 Å². The Kier molecular flexibility index (Phi) is 5.57.